The molecule has 0 aromatic rings. The number of rotatable bonds is 3. The monoisotopic (exact) mass is 268 g/mol. The highest BCUT2D eigenvalue weighted by Gasteiger charge is 2.45. The molecule has 0 radical (unpaired) electrons. The number of amides is 2. The van der Waals surface area contributed by atoms with Gasteiger partial charge in [-0.1, -0.05) is 27.7 Å². The SMILES string of the molecule is CCC1C(=O)NC(C)C(=O)N1C(C)(C)CC(C)(C)C. The average Bonchev–Trinajstić information content (AvgIpc) is 2.18. The van der Waals surface area contributed by atoms with Crippen LogP contribution in [0.5, 0.6) is 0 Å². The van der Waals surface area contributed by atoms with Crippen molar-refractivity contribution in [2.45, 2.75) is 78.9 Å². The zero-order valence-electron chi connectivity index (χ0n) is 13.3. The lowest BCUT2D eigenvalue weighted by molar-refractivity contribution is -0.156. The molecule has 1 aliphatic rings. The lowest BCUT2D eigenvalue weighted by Gasteiger charge is -2.49. The Labute approximate surface area is 116 Å². The summed E-state index contributed by atoms with van der Waals surface area (Å²) >= 11 is 0. The van der Waals surface area contributed by atoms with E-state index in [1.165, 1.54) is 0 Å². The van der Waals surface area contributed by atoms with E-state index in [1.54, 1.807) is 6.92 Å². The maximum absolute atomic E-state index is 12.5. The fraction of sp³-hybridized carbons (Fsp3) is 0.867. The molecule has 0 aliphatic carbocycles. The molecule has 4 nitrogen and oxygen atoms in total. The second kappa shape index (κ2) is 5.14. The van der Waals surface area contributed by atoms with E-state index in [9.17, 15) is 9.59 Å². The molecule has 2 amide bonds. The van der Waals surface area contributed by atoms with Gasteiger partial charge in [0.1, 0.15) is 12.1 Å². The van der Waals surface area contributed by atoms with E-state index < -0.39 is 6.04 Å². The lowest BCUT2D eigenvalue weighted by atomic mass is 9.79. The molecule has 0 saturated carbocycles. The van der Waals surface area contributed by atoms with Crippen LogP contribution in [0.4, 0.5) is 0 Å². The van der Waals surface area contributed by atoms with Crippen molar-refractivity contribution in [3.8, 4) is 0 Å². The Balaban J connectivity index is 3.10. The molecule has 4 heteroatoms. The van der Waals surface area contributed by atoms with Gasteiger partial charge in [0.05, 0.1) is 0 Å². The van der Waals surface area contributed by atoms with E-state index in [4.69, 9.17) is 0 Å². The Morgan fingerprint density at radius 3 is 2.11 bits per heavy atom. The second-order valence-electron chi connectivity index (χ2n) is 7.41. The van der Waals surface area contributed by atoms with Crippen LogP contribution >= 0.6 is 0 Å². The molecule has 0 aromatic heterocycles. The smallest absolute Gasteiger partial charge is 0.245 e. The molecule has 0 spiro atoms. The standard InChI is InChI=1S/C15H28N2O2/c1-8-11-12(18)16-10(2)13(19)17(11)15(6,7)9-14(3,4)5/h10-11H,8-9H2,1-7H3,(H,16,18). The molecular formula is C15H28N2O2. The summed E-state index contributed by atoms with van der Waals surface area (Å²) in [6, 6.07) is -0.768. The maximum atomic E-state index is 12.5. The van der Waals surface area contributed by atoms with E-state index >= 15 is 0 Å². The van der Waals surface area contributed by atoms with Gasteiger partial charge in [0.15, 0.2) is 0 Å². The zero-order chi connectivity index (χ0) is 15.0. The first-order valence-electron chi connectivity index (χ1n) is 7.13. The Bertz CT molecular complexity index is 369. The summed E-state index contributed by atoms with van der Waals surface area (Å²) in [4.78, 5) is 26.4. The number of piperazine rings is 1. The molecule has 1 rings (SSSR count). The number of nitrogens with zero attached hydrogens (tertiary/aromatic N) is 1. The predicted molar refractivity (Wildman–Crippen MR) is 76.7 cm³/mol. The van der Waals surface area contributed by atoms with Gasteiger partial charge < -0.3 is 10.2 Å². The summed E-state index contributed by atoms with van der Waals surface area (Å²) in [5.41, 5.74) is -0.207. The lowest BCUT2D eigenvalue weighted by Crippen LogP contribution is -2.68. The first-order valence-corrected chi connectivity index (χ1v) is 7.13. The third kappa shape index (κ3) is 3.48. The van der Waals surface area contributed by atoms with Crippen molar-refractivity contribution < 1.29 is 9.59 Å². The fourth-order valence-corrected chi connectivity index (χ4v) is 3.32. The minimum atomic E-state index is -0.422. The van der Waals surface area contributed by atoms with E-state index in [-0.39, 0.29) is 28.8 Å². The summed E-state index contributed by atoms with van der Waals surface area (Å²) in [5, 5.41) is 2.76. The van der Waals surface area contributed by atoms with Crippen molar-refractivity contribution in [3.05, 3.63) is 0 Å². The topological polar surface area (TPSA) is 49.4 Å². The third-order valence-electron chi connectivity index (χ3n) is 3.58. The van der Waals surface area contributed by atoms with Crippen molar-refractivity contribution in [3.63, 3.8) is 0 Å². The number of hydrogen-bond donors (Lipinski definition) is 1. The summed E-state index contributed by atoms with van der Waals surface area (Å²) < 4.78 is 0. The largest absolute Gasteiger partial charge is 0.343 e. The number of hydrogen-bond acceptors (Lipinski definition) is 2. The van der Waals surface area contributed by atoms with Crippen LogP contribution < -0.4 is 5.32 Å². The van der Waals surface area contributed by atoms with Crippen molar-refractivity contribution >= 4 is 11.8 Å². The van der Waals surface area contributed by atoms with Crippen LogP contribution in [0.3, 0.4) is 0 Å². The third-order valence-corrected chi connectivity index (χ3v) is 3.58. The molecule has 1 saturated heterocycles. The highest BCUT2D eigenvalue weighted by Crippen LogP contribution is 2.34. The van der Waals surface area contributed by atoms with Gasteiger partial charge in [-0.2, -0.15) is 0 Å². The van der Waals surface area contributed by atoms with Crippen molar-refractivity contribution in [2.24, 2.45) is 5.41 Å². The molecule has 1 heterocycles. The van der Waals surface area contributed by atoms with Gasteiger partial charge in [0.2, 0.25) is 11.8 Å². The second-order valence-corrected chi connectivity index (χ2v) is 7.41. The highest BCUT2D eigenvalue weighted by molar-refractivity contribution is 5.97. The predicted octanol–water partition coefficient (Wildman–Crippen LogP) is 2.33. The molecule has 19 heavy (non-hydrogen) atoms. The van der Waals surface area contributed by atoms with Gasteiger partial charge in [-0.15, -0.1) is 0 Å². The average molecular weight is 268 g/mol. The normalized spacial score (nSPS) is 25.5. The summed E-state index contributed by atoms with van der Waals surface area (Å²) in [6.07, 6.45) is 1.51. The first-order chi connectivity index (χ1) is 8.49. The van der Waals surface area contributed by atoms with Gasteiger partial charge in [0.25, 0.3) is 0 Å². The number of nitrogens with one attached hydrogen (secondary N) is 1. The molecule has 0 aromatic carbocycles. The molecule has 2 atom stereocenters. The van der Waals surface area contributed by atoms with Gasteiger partial charge in [0, 0.05) is 5.54 Å². The van der Waals surface area contributed by atoms with Crippen molar-refractivity contribution in [1.82, 2.24) is 10.2 Å². The van der Waals surface area contributed by atoms with Gasteiger partial charge >= 0.3 is 0 Å². The van der Waals surface area contributed by atoms with Crippen LogP contribution in [-0.4, -0.2) is 34.3 Å². The van der Waals surface area contributed by atoms with Gasteiger partial charge in [-0.3, -0.25) is 9.59 Å². The highest BCUT2D eigenvalue weighted by atomic mass is 16.2. The molecule has 110 valence electrons. The Morgan fingerprint density at radius 1 is 1.16 bits per heavy atom. The van der Waals surface area contributed by atoms with Crippen molar-refractivity contribution in [2.75, 3.05) is 0 Å². The Morgan fingerprint density at radius 2 is 1.68 bits per heavy atom. The zero-order valence-corrected chi connectivity index (χ0v) is 13.3. The van der Waals surface area contributed by atoms with Crippen LogP contribution in [0.15, 0.2) is 0 Å². The van der Waals surface area contributed by atoms with E-state index in [0.717, 1.165) is 6.42 Å². The summed E-state index contributed by atoms with van der Waals surface area (Å²) in [5.74, 6) is -0.00251. The Hall–Kier alpha value is -1.06. The summed E-state index contributed by atoms with van der Waals surface area (Å²) in [7, 11) is 0. The molecule has 1 N–H and O–H groups in total. The first kappa shape index (κ1) is 16.0. The quantitative estimate of drug-likeness (QED) is 0.854. The van der Waals surface area contributed by atoms with Crippen LogP contribution in [0, 0.1) is 5.41 Å². The molecule has 1 fully saturated rings. The number of carbonyl (C=O) groups excluding carboxylic acids is 2. The van der Waals surface area contributed by atoms with E-state index in [2.05, 4.69) is 39.9 Å². The molecule has 0 bridgehead atoms. The fourth-order valence-electron chi connectivity index (χ4n) is 3.32. The maximum Gasteiger partial charge on any atom is 0.245 e. The van der Waals surface area contributed by atoms with Crippen LogP contribution in [0.1, 0.15) is 61.3 Å². The Kier molecular flexibility index (Phi) is 4.33. The van der Waals surface area contributed by atoms with Crippen LogP contribution in [-0.2, 0) is 9.59 Å². The molecule has 1 aliphatic heterocycles. The summed E-state index contributed by atoms with van der Waals surface area (Å²) in [6.45, 7) is 14.3. The van der Waals surface area contributed by atoms with Crippen LogP contribution in [0.2, 0.25) is 0 Å². The minimum absolute atomic E-state index is 0.0284. The van der Waals surface area contributed by atoms with Crippen molar-refractivity contribution in [1.29, 1.82) is 0 Å². The van der Waals surface area contributed by atoms with Gasteiger partial charge in [-0.25, -0.2) is 0 Å². The van der Waals surface area contributed by atoms with E-state index in [1.807, 2.05) is 11.8 Å². The number of carbonyl (C=O) groups is 2. The van der Waals surface area contributed by atoms with Gasteiger partial charge in [-0.05, 0) is 39.0 Å². The molecular weight excluding hydrogens is 240 g/mol. The van der Waals surface area contributed by atoms with E-state index in [0.29, 0.717) is 6.42 Å². The molecule has 2 unspecified atom stereocenters. The van der Waals surface area contributed by atoms with Crippen LogP contribution in [0.25, 0.3) is 0 Å². The minimum Gasteiger partial charge on any atom is -0.343 e.